The van der Waals surface area contributed by atoms with E-state index in [4.69, 9.17) is 0 Å². The number of hydrogen-bond acceptors (Lipinski definition) is 3. The standard InChI is InChI=1S/C9H8N3O3P/c13-7-9(12-16-15,11-8(14)10-7)6-4-2-1-3-5-6/h1-5H,(H,12,15)(H2,10,11,13,14). The van der Waals surface area contributed by atoms with Crippen LogP contribution in [0.2, 0.25) is 0 Å². The minimum atomic E-state index is -1.46. The number of benzene rings is 1. The van der Waals surface area contributed by atoms with Gasteiger partial charge in [-0.05, 0) is 0 Å². The van der Waals surface area contributed by atoms with Gasteiger partial charge < -0.3 is 5.32 Å². The van der Waals surface area contributed by atoms with Crippen molar-refractivity contribution in [3.8, 4) is 0 Å². The fraction of sp³-hybridized carbons (Fsp3) is 0.111. The molecule has 1 atom stereocenters. The molecule has 1 saturated heterocycles. The molecule has 1 unspecified atom stereocenters. The van der Waals surface area contributed by atoms with Crippen molar-refractivity contribution in [3.05, 3.63) is 35.9 Å². The first-order valence-corrected chi connectivity index (χ1v) is 5.29. The average Bonchev–Trinajstić information content (AvgIpc) is 2.57. The maximum absolute atomic E-state index is 11.7. The van der Waals surface area contributed by atoms with Crippen molar-refractivity contribution in [1.82, 2.24) is 15.7 Å². The van der Waals surface area contributed by atoms with E-state index in [1.165, 1.54) is 0 Å². The Bertz CT molecular complexity index is 451. The molecule has 7 heteroatoms. The van der Waals surface area contributed by atoms with Crippen LogP contribution in [0.25, 0.3) is 0 Å². The van der Waals surface area contributed by atoms with Crippen LogP contribution < -0.4 is 15.7 Å². The molecule has 6 nitrogen and oxygen atoms in total. The molecule has 1 heterocycles. The van der Waals surface area contributed by atoms with Crippen LogP contribution in [0.15, 0.2) is 30.3 Å². The van der Waals surface area contributed by atoms with Crippen molar-refractivity contribution >= 4 is 20.5 Å². The van der Waals surface area contributed by atoms with Gasteiger partial charge in [0.2, 0.25) is 14.3 Å². The summed E-state index contributed by atoms with van der Waals surface area (Å²) < 4.78 is 10.6. The van der Waals surface area contributed by atoms with Gasteiger partial charge in [0.15, 0.2) is 0 Å². The monoisotopic (exact) mass is 237 g/mol. The number of hydrogen-bond donors (Lipinski definition) is 3. The maximum atomic E-state index is 11.7. The van der Waals surface area contributed by atoms with Crippen molar-refractivity contribution in [3.63, 3.8) is 0 Å². The molecule has 0 saturated carbocycles. The molecule has 1 aromatic carbocycles. The molecule has 0 aromatic heterocycles. The molecule has 0 spiro atoms. The molecule has 2 rings (SSSR count). The first-order chi connectivity index (χ1) is 7.69. The van der Waals surface area contributed by atoms with E-state index in [0.29, 0.717) is 5.56 Å². The predicted molar refractivity (Wildman–Crippen MR) is 55.5 cm³/mol. The fourth-order valence-electron chi connectivity index (χ4n) is 1.56. The topological polar surface area (TPSA) is 87.3 Å². The Labute approximate surface area is 92.7 Å². The van der Waals surface area contributed by atoms with E-state index in [1.54, 1.807) is 30.3 Å². The number of carbonyl (C=O) groups excluding carboxylic acids is 2. The van der Waals surface area contributed by atoms with E-state index in [0.717, 1.165) is 0 Å². The van der Waals surface area contributed by atoms with Crippen molar-refractivity contribution in [2.24, 2.45) is 0 Å². The van der Waals surface area contributed by atoms with Crippen LogP contribution >= 0.6 is 8.61 Å². The van der Waals surface area contributed by atoms with Crippen molar-refractivity contribution in [2.75, 3.05) is 0 Å². The third-order valence-corrected chi connectivity index (χ3v) is 2.72. The van der Waals surface area contributed by atoms with E-state index in [9.17, 15) is 14.2 Å². The van der Waals surface area contributed by atoms with E-state index < -0.39 is 26.2 Å². The minimum Gasteiger partial charge on any atom is -0.307 e. The number of imide groups is 1. The van der Waals surface area contributed by atoms with Crippen LogP contribution in [-0.4, -0.2) is 11.9 Å². The summed E-state index contributed by atoms with van der Waals surface area (Å²) in [6.07, 6.45) is 0. The van der Waals surface area contributed by atoms with Gasteiger partial charge in [0.05, 0.1) is 0 Å². The first kappa shape index (κ1) is 10.7. The Kier molecular flexibility index (Phi) is 2.68. The summed E-state index contributed by atoms with van der Waals surface area (Å²) in [6, 6.07) is 7.91. The predicted octanol–water partition coefficient (Wildman–Crippen LogP) is 0.475. The molecular formula is C9H8N3O3P. The maximum Gasteiger partial charge on any atom is 0.323 e. The zero-order chi connectivity index (χ0) is 11.6. The van der Waals surface area contributed by atoms with E-state index in [1.807, 2.05) is 0 Å². The summed E-state index contributed by atoms with van der Waals surface area (Å²) in [5, 5.41) is 6.94. The third-order valence-electron chi connectivity index (χ3n) is 2.29. The van der Waals surface area contributed by atoms with Crippen LogP contribution in [-0.2, 0) is 15.0 Å². The zero-order valence-corrected chi connectivity index (χ0v) is 8.95. The molecule has 16 heavy (non-hydrogen) atoms. The molecule has 1 aliphatic rings. The van der Waals surface area contributed by atoms with Crippen LogP contribution in [0.3, 0.4) is 0 Å². The quantitative estimate of drug-likeness (QED) is 0.527. The highest BCUT2D eigenvalue weighted by molar-refractivity contribution is 7.21. The van der Waals surface area contributed by atoms with Gasteiger partial charge in [0.25, 0.3) is 5.91 Å². The van der Waals surface area contributed by atoms with Gasteiger partial charge in [-0.2, -0.15) is 0 Å². The summed E-state index contributed by atoms with van der Waals surface area (Å²) in [5.74, 6) is -0.577. The molecule has 1 aliphatic heterocycles. The lowest BCUT2D eigenvalue weighted by molar-refractivity contribution is -0.124. The summed E-state index contributed by atoms with van der Waals surface area (Å²) in [5.41, 5.74) is -0.941. The zero-order valence-electron chi connectivity index (χ0n) is 8.06. The molecule has 0 aliphatic carbocycles. The highest BCUT2D eigenvalue weighted by Crippen LogP contribution is 2.23. The Morgan fingerprint density at radius 1 is 1.19 bits per heavy atom. The van der Waals surface area contributed by atoms with Gasteiger partial charge in [-0.15, -0.1) is 0 Å². The summed E-state index contributed by atoms with van der Waals surface area (Å²) in [6.45, 7) is 0. The Morgan fingerprint density at radius 3 is 2.38 bits per heavy atom. The lowest BCUT2D eigenvalue weighted by atomic mass is 10.0. The second-order valence-electron chi connectivity index (χ2n) is 3.23. The molecule has 0 bridgehead atoms. The van der Waals surface area contributed by atoms with Gasteiger partial charge >= 0.3 is 6.03 Å². The molecule has 1 fully saturated rings. The fourth-order valence-corrected chi connectivity index (χ4v) is 1.98. The molecule has 82 valence electrons. The molecule has 3 amide bonds. The summed E-state index contributed by atoms with van der Waals surface area (Å²) in [7, 11) is -0.444. The second kappa shape index (κ2) is 4.00. The average molecular weight is 237 g/mol. The number of nitrogens with one attached hydrogen (secondary N) is 3. The van der Waals surface area contributed by atoms with Crippen LogP contribution in [0.1, 0.15) is 5.56 Å². The van der Waals surface area contributed by atoms with E-state index >= 15 is 0 Å². The highest BCUT2D eigenvalue weighted by Gasteiger charge is 2.47. The molecule has 3 N–H and O–H groups in total. The number of rotatable bonds is 3. The largest absolute Gasteiger partial charge is 0.323 e. The first-order valence-electron chi connectivity index (χ1n) is 4.48. The lowest BCUT2D eigenvalue weighted by Crippen LogP contribution is -2.52. The number of amides is 3. The van der Waals surface area contributed by atoms with Gasteiger partial charge in [0.1, 0.15) is 0 Å². The van der Waals surface area contributed by atoms with Crippen LogP contribution in [0.5, 0.6) is 0 Å². The van der Waals surface area contributed by atoms with Gasteiger partial charge in [-0.3, -0.25) is 14.7 Å². The van der Waals surface area contributed by atoms with Crippen molar-refractivity contribution in [1.29, 1.82) is 0 Å². The second-order valence-corrected chi connectivity index (χ2v) is 3.63. The number of carbonyl (C=O) groups is 2. The third kappa shape index (κ3) is 1.58. The van der Waals surface area contributed by atoms with Crippen LogP contribution in [0.4, 0.5) is 4.79 Å². The van der Waals surface area contributed by atoms with Gasteiger partial charge in [0, 0.05) is 5.56 Å². The summed E-state index contributed by atoms with van der Waals surface area (Å²) in [4.78, 5) is 22.8. The minimum absolute atomic E-state index is 0.444. The van der Waals surface area contributed by atoms with Crippen LogP contribution in [0, 0.1) is 0 Å². The van der Waals surface area contributed by atoms with Gasteiger partial charge in [-0.25, -0.2) is 9.88 Å². The van der Waals surface area contributed by atoms with Gasteiger partial charge in [-0.1, -0.05) is 30.3 Å². The molecule has 0 radical (unpaired) electrons. The van der Waals surface area contributed by atoms with Crippen molar-refractivity contribution < 1.29 is 14.2 Å². The Morgan fingerprint density at radius 2 is 1.88 bits per heavy atom. The van der Waals surface area contributed by atoms with E-state index in [2.05, 4.69) is 15.7 Å². The normalized spacial score (nSPS) is 24.2. The number of urea groups is 1. The Balaban J connectivity index is 2.48. The smallest absolute Gasteiger partial charge is 0.307 e. The highest BCUT2D eigenvalue weighted by atomic mass is 31.1. The van der Waals surface area contributed by atoms with E-state index in [-0.39, 0.29) is 0 Å². The lowest BCUT2D eigenvalue weighted by Gasteiger charge is -2.23. The SMILES string of the molecule is O=PNC1(c2ccccc2)NC(=O)NC1=O. The van der Waals surface area contributed by atoms with Crippen molar-refractivity contribution in [2.45, 2.75) is 5.66 Å². The Hall–Kier alpha value is -1.78. The summed E-state index contributed by atoms with van der Waals surface area (Å²) >= 11 is 0. The molecule has 1 aromatic rings. The molecular weight excluding hydrogens is 229 g/mol.